The molecule has 3 rings (SSSR count). The van der Waals surface area contributed by atoms with Crippen LogP contribution in [0.2, 0.25) is 0 Å². The Hall–Kier alpha value is -1.85. The predicted molar refractivity (Wildman–Crippen MR) is 86.5 cm³/mol. The van der Waals surface area contributed by atoms with Gasteiger partial charge in [0.2, 0.25) is 0 Å². The standard InChI is InChI=1S/C16H22N4O/c1-19(2)9-11-7-12(21)10-20(11)16-4-3-15(17)13-5-6-18-8-14(13)16/h3-6,8,11-12,21H,7,9-10,17H2,1-2H3. The second-order valence-electron chi connectivity index (χ2n) is 6.05. The highest BCUT2D eigenvalue weighted by Gasteiger charge is 2.32. The molecule has 1 aromatic heterocycles. The Bertz CT molecular complexity index is 643. The van der Waals surface area contributed by atoms with Crippen LogP contribution in [0.4, 0.5) is 11.4 Å². The number of β-amino-alcohol motifs (C(OH)–C–C–N with tert-alkyl or cyclic N) is 1. The van der Waals surface area contributed by atoms with Gasteiger partial charge in [-0.1, -0.05) is 0 Å². The van der Waals surface area contributed by atoms with E-state index in [1.54, 1.807) is 6.20 Å². The van der Waals surface area contributed by atoms with Crippen LogP contribution in [0.5, 0.6) is 0 Å². The smallest absolute Gasteiger partial charge is 0.0735 e. The number of aliphatic hydroxyl groups excluding tert-OH is 1. The number of aliphatic hydroxyl groups is 1. The van der Waals surface area contributed by atoms with Crippen LogP contribution in [0.3, 0.4) is 0 Å². The molecule has 3 N–H and O–H groups in total. The van der Waals surface area contributed by atoms with Crippen molar-refractivity contribution in [2.24, 2.45) is 0 Å². The van der Waals surface area contributed by atoms with Crippen molar-refractivity contribution < 1.29 is 5.11 Å². The van der Waals surface area contributed by atoms with Gasteiger partial charge < -0.3 is 20.6 Å². The molecule has 0 aliphatic carbocycles. The van der Waals surface area contributed by atoms with Gasteiger partial charge in [0.15, 0.2) is 0 Å². The third-order valence-electron chi connectivity index (χ3n) is 4.11. The van der Waals surface area contributed by atoms with E-state index in [0.29, 0.717) is 12.6 Å². The third-order valence-corrected chi connectivity index (χ3v) is 4.11. The van der Waals surface area contributed by atoms with Gasteiger partial charge in [0.05, 0.1) is 6.10 Å². The van der Waals surface area contributed by atoms with Crippen LogP contribution in [-0.2, 0) is 0 Å². The summed E-state index contributed by atoms with van der Waals surface area (Å²) in [6.07, 6.45) is 4.14. The Morgan fingerprint density at radius 2 is 2.14 bits per heavy atom. The van der Waals surface area contributed by atoms with Crippen LogP contribution in [0.1, 0.15) is 6.42 Å². The number of aromatic nitrogens is 1. The summed E-state index contributed by atoms with van der Waals surface area (Å²) in [5.41, 5.74) is 7.93. The first kappa shape index (κ1) is 14.1. The van der Waals surface area contributed by atoms with Crippen molar-refractivity contribution in [3.8, 4) is 0 Å². The lowest BCUT2D eigenvalue weighted by Crippen LogP contribution is -2.37. The fourth-order valence-electron chi connectivity index (χ4n) is 3.23. The van der Waals surface area contributed by atoms with Gasteiger partial charge in [-0.2, -0.15) is 0 Å². The van der Waals surface area contributed by atoms with E-state index in [1.165, 1.54) is 0 Å². The summed E-state index contributed by atoms with van der Waals surface area (Å²) in [5, 5.41) is 12.1. The first-order valence-corrected chi connectivity index (χ1v) is 7.28. The first-order valence-electron chi connectivity index (χ1n) is 7.28. The summed E-state index contributed by atoms with van der Waals surface area (Å²) in [5.74, 6) is 0. The average Bonchev–Trinajstić information content (AvgIpc) is 2.79. The molecule has 2 atom stereocenters. The van der Waals surface area contributed by atoms with Crippen LogP contribution in [0.15, 0.2) is 30.6 Å². The molecular weight excluding hydrogens is 264 g/mol. The topological polar surface area (TPSA) is 65.6 Å². The number of pyridine rings is 1. The van der Waals surface area contributed by atoms with Gasteiger partial charge >= 0.3 is 0 Å². The van der Waals surface area contributed by atoms with Crippen LogP contribution in [0, 0.1) is 0 Å². The second kappa shape index (κ2) is 5.50. The largest absolute Gasteiger partial charge is 0.398 e. The number of rotatable bonds is 3. The number of fused-ring (bicyclic) bond motifs is 1. The van der Waals surface area contributed by atoms with E-state index >= 15 is 0 Å². The lowest BCUT2D eigenvalue weighted by atomic mass is 10.1. The van der Waals surface area contributed by atoms with Gasteiger partial charge in [-0.3, -0.25) is 4.98 Å². The van der Waals surface area contributed by atoms with E-state index < -0.39 is 0 Å². The van der Waals surface area contributed by atoms with E-state index in [-0.39, 0.29) is 6.10 Å². The molecule has 0 amide bonds. The Kier molecular flexibility index (Phi) is 3.69. The zero-order valence-corrected chi connectivity index (χ0v) is 12.5. The van der Waals surface area contributed by atoms with Crippen molar-refractivity contribution in [3.05, 3.63) is 30.6 Å². The molecule has 1 fully saturated rings. The molecule has 0 spiro atoms. The number of nitrogen functional groups attached to an aromatic ring is 1. The summed E-state index contributed by atoms with van der Waals surface area (Å²) in [7, 11) is 4.12. The molecule has 1 saturated heterocycles. The molecular formula is C16H22N4O. The molecule has 1 aliphatic rings. The summed E-state index contributed by atoms with van der Waals surface area (Å²) in [4.78, 5) is 8.68. The van der Waals surface area contributed by atoms with Gasteiger partial charge in [0.1, 0.15) is 0 Å². The summed E-state index contributed by atoms with van der Waals surface area (Å²) < 4.78 is 0. The van der Waals surface area contributed by atoms with Crippen molar-refractivity contribution in [2.45, 2.75) is 18.6 Å². The maximum Gasteiger partial charge on any atom is 0.0735 e. The minimum absolute atomic E-state index is 0.278. The van der Waals surface area contributed by atoms with Crippen LogP contribution in [0.25, 0.3) is 10.8 Å². The summed E-state index contributed by atoms with van der Waals surface area (Å²) in [6.45, 7) is 1.58. The van der Waals surface area contributed by atoms with Gasteiger partial charge in [-0.15, -0.1) is 0 Å². The Morgan fingerprint density at radius 3 is 2.90 bits per heavy atom. The summed E-state index contributed by atoms with van der Waals surface area (Å²) >= 11 is 0. The van der Waals surface area contributed by atoms with Crippen molar-refractivity contribution in [2.75, 3.05) is 37.8 Å². The van der Waals surface area contributed by atoms with E-state index in [9.17, 15) is 5.11 Å². The Balaban J connectivity index is 2.04. The quantitative estimate of drug-likeness (QED) is 0.833. The molecule has 2 aromatic rings. The van der Waals surface area contributed by atoms with Crippen molar-refractivity contribution >= 4 is 22.1 Å². The predicted octanol–water partition coefficient (Wildman–Crippen LogP) is 1.32. The molecule has 0 saturated carbocycles. The summed E-state index contributed by atoms with van der Waals surface area (Å²) in [6, 6.07) is 6.23. The van der Waals surface area contributed by atoms with Gasteiger partial charge in [-0.25, -0.2) is 0 Å². The van der Waals surface area contributed by atoms with E-state index in [1.807, 2.05) is 24.4 Å². The lowest BCUT2D eigenvalue weighted by Gasteiger charge is -2.29. The molecule has 0 radical (unpaired) electrons. The zero-order chi connectivity index (χ0) is 15.0. The van der Waals surface area contributed by atoms with E-state index in [4.69, 9.17) is 5.73 Å². The maximum absolute atomic E-state index is 10.1. The maximum atomic E-state index is 10.1. The molecule has 2 heterocycles. The van der Waals surface area contributed by atoms with Crippen molar-refractivity contribution in [1.29, 1.82) is 0 Å². The highest BCUT2D eigenvalue weighted by Crippen LogP contribution is 2.34. The molecule has 1 aliphatic heterocycles. The fourth-order valence-corrected chi connectivity index (χ4v) is 3.23. The van der Waals surface area contributed by atoms with Gasteiger partial charge in [0, 0.05) is 53.7 Å². The monoisotopic (exact) mass is 286 g/mol. The lowest BCUT2D eigenvalue weighted by molar-refractivity contribution is 0.191. The molecule has 21 heavy (non-hydrogen) atoms. The highest BCUT2D eigenvalue weighted by atomic mass is 16.3. The molecule has 5 nitrogen and oxygen atoms in total. The van der Waals surface area contributed by atoms with E-state index in [0.717, 1.165) is 35.1 Å². The fraction of sp³-hybridized carbons (Fsp3) is 0.438. The van der Waals surface area contributed by atoms with Crippen LogP contribution < -0.4 is 10.6 Å². The molecule has 2 unspecified atom stereocenters. The third kappa shape index (κ3) is 2.66. The number of benzene rings is 1. The van der Waals surface area contributed by atoms with Gasteiger partial charge in [0.25, 0.3) is 0 Å². The van der Waals surface area contributed by atoms with Crippen LogP contribution in [-0.4, -0.2) is 54.3 Å². The molecule has 0 bridgehead atoms. The number of hydrogen-bond donors (Lipinski definition) is 2. The molecule has 1 aromatic carbocycles. The zero-order valence-electron chi connectivity index (χ0n) is 12.5. The molecule has 112 valence electrons. The number of nitrogens with zero attached hydrogens (tertiary/aromatic N) is 3. The van der Waals surface area contributed by atoms with Crippen molar-refractivity contribution in [3.63, 3.8) is 0 Å². The second-order valence-corrected chi connectivity index (χ2v) is 6.05. The van der Waals surface area contributed by atoms with Crippen molar-refractivity contribution in [1.82, 2.24) is 9.88 Å². The minimum Gasteiger partial charge on any atom is -0.398 e. The number of likely N-dealkylation sites (N-methyl/N-ethyl adjacent to an activating group) is 1. The number of anilines is 2. The Morgan fingerprint density at radius 1 is 1.33 bits per heavy atom. The number of nitrogens with two attached hydrogens (primary N) is 1. The van der Waals surface area contributed by atoms with E-state index in [2.05, 4.69) is 28.9 Å². The minimum atomic E-state index is -0.278. The first-order chi connectivity index (χ1) is 10.1. The normalized spacial score (nSPS) is 22.4. The average molecular weight is 286 g/mol. The number of hydrogen-bond acceptors (Lipinski definition) is 5. The SMILES string of the molecule is CN(C)CC1CC(O)CN1c1ccc(N)c2ccncc12. The van der Waals surface area contributed by atoms with Gasteiger partial charge in [-0.05, 0) is 38.7 Å². The Labute approximate surface area is 125 Å². The molecule has 5 heteroatoms. The highest BCUT2D eigenvalue weighted by molar-refractivity contribution is 6.01. The van der Waals surface area contributed by atoms with Crippen LogP contribution >= 0.6 is 0 Å².